The van der Waals surface area contributed by atoms with E-state index in [-0.39, 0.29) is 46.8 Å². The van der Waals surface area contributed by atoms with Crippen molar-refractivity contribution < 1.29 is 18.7 Å². The second-order valence-electron chi connectivity index (χ2n) is 10.8. The second-order valence-corrected chi connectivity index (χ2v) is 10.8. The highest BCUT2D eigenvalue weighted by Gasteiger charge is 2.78. The second kappa shape index (κ2) is 6.92. The van der Waals surface area contributed by atoms with Gasteiger partial charge in [0.2, 0.25) is 0 Å². The van der Waals surface area contributed by atoms with Gasteiger partial charge >= 0.3 is 5.97 Å². The maximum absolute atomic E-state index is 14.2. The quantitative estimate of drug-likeness (QED) is 0.545. The number of piperazine rings is 1. The third kappa shape index (κ3) is 2.83. The van der Waals surface area contributed by atoms with Crippen LogP contribution in [0.2, 0.25) is 0 Å². The van der Waals surface area contributed by atoms with Crippen molar-refractivity contribution in [2.75, 3.05) is 37.6 Å². The summed E-state index contributed by atoms with van der Waals surface area (Å²) >= 11 is 0. The third-order valence-electron chi connectivity index (χ3n) is 9.21. The minimum Gasteiger partial charge on any atom is -0.462 e. The van der Waals surface area contributed by atoms with Gasteiger partial charge in [0.05, 0.1) is 17.7 Å². The summed E-state index contributed by atoms with van der Waals surface area (Å²) in [4.78, 5) is 17.4. The highest BCUT2D eigenvalue weighted by molar-refractivity contribution is 5.76. The third-order valence-corrected chi connectivity index (χ3v) is 9.21. The summed E-state index contributed by atoms with van der Waals surface area (Å²) in [6.45, 7) is 8.65. The average Bonchev–Trinajstić information content (AvgIpc) is 3.44. The number of hydrogen-bond acceptors (Lipinski definition) is 5. The van der Waals surface area contributed by atoms with Crippen LogP contribution in [-0.4, -0.2) is 61.4 Å². The van der Waals surface area contributed by atoms with E-state index in [0.29, 0.717) is 11.6 Å². The molecule has 31 heavy (non-hydrogen) atoms. The molecule has 0 unspecified atom stereocenters. The maximum atomic E-state index is 14.2. The number of rotatable bonds is 3. The first-order chi connectivity index (χ1) is 14.9. The Bertz CT molecular complexity index is 887. The predicted molar refractivity (Wildman–Crippen MR) is 115 cm³/mol. The van der Waals surface area contributed by atoms with Crippen LogP contribution in [0.5, 0.6) is 0 Å². The van der Waals surface area contributed by atoms with Gasteiger partial charge in [-0.3, -0.25) is 9.69 Å². The van der Waals surface area contributed by atoms with Gasteiger partial charge in [0, 0.05) is 44.1 Å². The molecule has 0 amide bonds. The lowest BCUT2D eigenvalue weighted by molar-refractivity contribution is -0.146. The number of nitrogens with zero attached hydrogens (tertiary/aromatic N) is 2. The zero-order valence-corrected chi connectivity index (χ0v) is 18.6. The van der Waals surface area contributed by atoms with Crippen LogP contribution in [0.25, 0.3) is 0 Å². The van der Waals surface area contributed by atoms with Crippen LogP contribution in [0.15, 0.2) is 24.3 Å². The summed E-state index contributed by atoms with van der Waals surface area (Å²) in [5.74, 6) is 0.435. The van der Waals surface area contributed by atoms with Crippen molar-refractivity contribution in [3.63, 3.8) is 0 Å². The number of halogens is 1. The lowest BCUT2D eigenvalue weighted by Crippen LogP contribution is -2.55. The first-order valence-corrected chi connectivity index (χ1v) is 12.0. The monoisotopic (exact) mass is 428 g/mol. The molecule has 0 N–H and O–H groups in total. The Hall–Kier alpha value is -1.66. The van der Waals surface area contributed by atoms with Crippen molar-refractivity contribution in [1.82, 2.24) is 4.90 Å². The molecule has 168 valence electrons. The molecule has 1 spiro atoms. The predicted octanol–water partition coefficient (Wildman–Crippen LogP) is 3.47. The molecule has 1 aromatic rings. The lowest BCUT2D eigenvalue weighted by atomic mass is 9.53. The summed E-state index contributed by atoms with van der Waals surface area (Å²) in [6.07, 6.45) is 4.77. The van der Waals surface area contributed by atoms with Crippen LogP contribution >= 0.6 is 0 Å². The topological polar surface area (TPSA) is 45.3 Å². The molecule has 6 heteroatoms. The summed E-state index contributed by atoms with van der Waals surface area (Å²) in [7, 11) is 0. The zero-order valence-electron chi connectivity index (χ0n) is 18.6. The number of epoxide rings is 1. The van der Waals surface area contributed by atoms with E-state index in [1.54, 1.807) is 6.07 Å². The Balaban J connectivity index is 1.15. The van der Waals surface area contributed by atoms with Gasteiger partial charge in [0.25, 0.3) is 0 Å². The van der Waals surface area contributed by atoms with Gasteiger partial charge in [0.1, 0.15) is 17.5 Å². The average molecular weight is 429 g/mol. The van der Waals surface area contributed by atoms with E-state index in [2.05, 4.69) is 23.6 Å². The van der Waals surface area contributed by atoms with Gasteiger partial charge in [-0.1, -0.05) is 32.4 Å². The molecule has 3 heterocycles. The molecule has 5 nitrogen and oxygen atoms in total. The van der Waals surface area contributed by atoms with Crippen molar-refractivity contribution in [1.29, 1.82) is 0 Å². The SMILES string of the molecule is C[C@H]1CCC[C@]2(C)C[C@H]3OC(=O)[C@H](CN4CCN(c5ccccc5F)CC4)[C@H]3[C@@H]3O[C@@]132. The van der Waals surface area contributed by atoms with Gasteiger partial charge in [-0.15, -0.1) is 0 Å². The molecule has 2 saturated carbocycles. The number of fused-ring (bicyclic) bond motifs is 2. The van der Waals surface area contributed by atoms with Crippen LogP contribution in [0.3, 0.4) is 0 Å². The van der Waals surface area contributed by atoms with E-state index in [9.17, 15) is 9.18 Å². The fourth-order valence-electron chi connectivity index (χ4n) is 7.60. The molecule has 3 aliphatic heterocycles. The number of hydrogen-bond donors (Lipinski definition) is 0. The van der Waals surface area contributed by atoms with Crippen molar-refractivity contribution in [2.45, 2.75) is 57.3 Å². The first kappa shape index (κ1) is 20.0. The summed E-state index contributed by atoms with van der Waals surface area (Å²) < 4.78 is 26.7. The van der Waals surface area contributed by atoms with Crippen LogP contribution in [0.4, 0.5) is 10.1 Å². The smallest absolute Gasteiger partial charge is 0.311 e. The normalized spacial score (nSPS) is 44.3. The zero-order chi connectivity index (χ0) is 21.4. The first-order valence-electron chi connectivity index (χ1n) is 12.0. The van der Waals surface area contributed by atoms with Crippen molar-refractivity contribution in [3.8, 4) is 0 Å². The van der Waals surface area contributed by atoms with Gasteiger partial charge in [0.15, 0.2) is 0 Å². The van der Waals surface area contributed by atoms with E-state index < -0.39 is 0 Å². The minimum atomic E-state index is -0.166. The highest BCUT2D eigenvalue weighted by Crippen LogP contribution is 2.70. The van der Waals surface area contributed by atoms with Gasteiger partial charge in [-0.2, -0.15) is 0 Å². The van der Waals surface area contributed by atoms with Gasteiger partial charge in [-0.05, 0) is 37.3 Å². The van der Waals surface area contributed by atoms with E-state index in [1.807, 2.05) is 12.1 Å². The molecule has 0 bridgehead atoms. The summed E-state index contributed by atoms with van der Waals surface area (Å²) in [5, 5.41) is 0. The highest BCUT2D eigenvalue weighted by atomic mass is 19.1. The Morgan fingerprint density at radius 2 is 1.97 bits per heavy atom. The van der Waals surface area contributed by atoms with Gasteiger partial charge in [-0.25, -0.2) is 4.39 Å². The molecule has 5 fully saturated rings. The number of carbonyl (C=O) groups excluding carboxylic acids is 1. The minimum absolute atomic E-state index is 0.00753. The molecule has 0 radical (unpaired) electrons. The molecule has 1 aromatic carbocycles. The number of anilines is 1. The van der Waals surface area contributed by atoms with Crippen LogP contribution in [0, 0.1) is 29.0 Å². The fourth-order valence-corrected chi connectivity index (χ4v) is 7.60. The summed E-state index contributed by atoms with van der Waals surface area (Å²) in [5.41, 5.74) is 0.771. The van der Waals surface area contributed by atoms with Crippen LogP contribution in [0.1, 0.15) is 39.5 Å². The van der Waals surface area contributed by atoms with Crippen molar-refractivity contribution in [2.24, 2.45) is 23.2 Å². The Labute approximate surface area is 183 Å². The van der Waals surface area contributed by atoms with E-state index in [4.69, 9.17) is 9.47 Å². The van der Waals surface area contributed by atoms with Crippen molar-refractivity contribution in [3.05, 3.63) is 30.1 Å². The number of carbonyl (C=O) groups is 1. The Morgan fingerprint density at radius 3 is 2.74 bits per heavy atom. The van der Waals surface area contributed by atoms with E-state index in [0.717, 1.165) is 39.1 Å². The van der Waals surface area contributed by atoms with E-state index in [1.165, 1.54) is 25.3 Å². The number of ether oxygens (including phenoxy) is 2. The van der Waals surface area contributed by atoms with Crippen LogP contribution < -0.4 is 4.90 Å². The Kier molecular flexibility index (Phi) is 4.46. The molecular formula is C25H33FN2O3. The fraction of sp³-hybridized carbons (Fsp3) is 0.720. The van der Waals surface area contributed by atoms with Crippen molar-refractivity contribution >= 4 is 11.7 Å². The lowest BCUT2D eigenvalue weighted by Gasteiger charge is -2.49. The number of benzene rings is 1. The molecule has 3 saturated heterocycles. The molecule has 7 atom stereocenters. The summed E-state index contributed by atoms with van der Waals surface area (Å²) in [6, 6.07) is 6.98. The number of esters is 1. The largest absolute Gasteiger partial charge is 0.462 e. The Morgan fingerprint density at radius 1 is 1.19 bits per heavy atom. The molecule has 0 aromatic heterocycles. The molecular weight excluding hydrogens is 395 g/mol. The van der Waals surface area contributed by atoms with Crippen LogP contribution in [-0.2, 0) is 14.3 Å². The molecule has 5 aliphatic rings. The maximum Gasteiger partial charge on any atom is 0.311 e. The number of para-hydroxylation sites is 1. The van der Waals surface area contributed by atoms with E-state index >= 15 is 0 Å². The molecule has 2 aliphatic carbocycles. The van der Waals surface area contributed by atoms with Gasteiger partial charge < -0.3 is 14.4 Å². The standard InChI is InChI=1S/C25H33FN2O3/c1-16-6-5-9-24(2)14-20-21(22-25(16,24)31-22)17(23(29)30-20)15-27-10-12-28(13-11-27)19-8-4-3-7-18(19)26/h3-4,7-8,16-17,20-22H,5-6,9-15H2,1-2H3/t16-,17+,20+,21+,22-,24+,25-/m0/s1. The molecule has 6 rings (SSSR count).